The molecule has 0 fully saturated rings. The van der Waals surface area contributed by atoms with Crippen LogP contribution in [0.4, 0.5) is 8.78 Å². The summed E-state index contributed by atoms with van der Waals surface area (Å²) in [5.74, 6) is -1.03. The second-order valence-electron chi connectivity index (χ2n) is 4.66. The summed E-state index contributed by atoms with van der Waals surface area (Å²) < 4.78 is 28.3. The van der Waals surface area contributed by atoms with Gasteiger partial charge in [0.05, 0.1) is 11.8 Å². The van der Waals surface area contributed by atoms with Crippen molar-refractivity contribution in [2.45, 2.75) is 26.4 Å². The van der Waals surface area contributed by atoms with Gasteiger partial charge in [-0.3, -0.25) is 4.68 Å². The zero-order valence-corrected chi connectivity index (χ0v) is 11.1. The van der Waals surface area contributed by atoms with E-state index in [4.69, 9.17) is 0 Å². The molecular formula is C14H16F2N2O. The van der Waals surface area contributed by atoms with Crippen molar-refractivity contribution in [1.29, 1.82) is 0 Å². The number of aryl methyl sites for hydroxylation is 2. The van der Waals surface area contributed by atoms with Crippen LogP contribution in [-0.4, -0.2) is 14.9 Å². The lowest BCUT2D eigenvalue weighted by Gasteiger charge is -2.12. The molecule has 3 nitrogen and oxygen atoms in total. The molecule has 1 aromatic heterocycles. The molecule has 0 aliphatic rings. The van der Waals surface area contributed by atoms with Gasteiger partial charge < -0.3 is 5.11 Å². The van der Waals surface area contributed by atoms with Crippen LogP contribution in [0.1, 0.15) is 28.6 Å². The predicted octanol–water partition coefficient (Wildman–Crippen LogP) is 2.59. The van der Waals surface area contributed by atoms with Crippen molar-refractivity contribution in [2.24, 2.45) is 7.05 Å². The van der Waals surface area contributed by atoms with Crippen LogP contribution in [-0.2, 0) is 13.5 Å². The first kappa shape index (κ1) is 13.7. The summed E-state index contributed by atoms with van der Waals surface area (Å²) in [6.45, 7) is 3.62. The van der Waals surface area contributed by atoms with E-state index in [1.165, 1.54) is 0 Å². The molecule has 1 unspecified atom stereocenters. The third kappa shape index (κ3) is 2.66. The van der Waals surface area contributed by atoms with Crippen LogP contribution in [0.5, 0.6) is 0 Å². The Labute approximate surface area is 110 Å². The molecule has 1 atom stereocenters. The molecule has 2 aromatic rings. The molecule has 102 valence electrons. The van der Waals surface area contributed by atoms with Crippen molar-refractivity contribution in [3.8, 4) is 0 Å². The van der Waals surface area contributed by atoms with Gasteiger partial charge in [-0.25, -0.2) is 8.78 Å². The lowest BCUT2D eigenvalue weighted by Crippen LogP contribution is -2.06. The fraction of sp³-hybridized carbons (Fsp3) is 0.357. The minimum atomic E-state index is -0.898. The number of aliphatic hydroxyl groups excluding tert-OH is 1. The smallest absolute Gasteiger partial charge is 0.126 e. The van der Waals surface area contributed by atoms with Gasteiger partial charge in [-0.05, 0) is 37.6 Å². The topological polar surface area (TPSA) is 38.0 Å². The molecule has 0 bridgehead atoms. The van der Waals surface area contributed by atoms with Crippen molar-refractivity contribution in [3.05, 3.63) is 52.3 Å². The normalized spacial score (nSPS) is 12.7. The molecular weight excluding hydrogens is 250 g/mol. The Kier molecular flexibility index (Phi) is 3.66. The quantitative estimate of drug-likeness (QED) is 0.927. The maximum atomic E-state index is 13.6. The first-order valence-electron chi connectivity index (χ1n) is 6.02. The lowest BCUT2D eigenvalue weighted by molar-refractivity contribution is 0.175. The molecule has 0 saturated heterocycles. The van der Waals surface area contributed by atoms with Gasteiger partial charge in [0.15, 0.2) is 0 Å². The summed E-state index contributed by atoms with van der Waals surface area (Å²) in [6.07, 6.45) is -0.873. The highest BCUT2D eigenvalue weighted by Crippen LogP contribution is 2.25. The van der Waals surface area contributed by atoms with E-state index in [0.29, 0.717) is 11.3 Å². The first-order chi connectivity index (χ1) is 8.90. The Morgan fingerprint density at radius 2 is 2.00 bits per heavy atom. The van der Waals surface area contributed by atoms with Gasteiger partial charge in [-0.2, -0.15) is 5.10 Å². The van der Waals surface area contributed by atoms with Crippen LogP contribution in [0, 0.1) is 25.5 Å². The summed E-state index contributed by atoms with van der Waals surface area (Å²) in [6, 6.07) is 3.24. The Bertz CT molecular complexity index is 608. The number of aliphatic hydroxyl groups is 1. The zero-order valence-electron chi connectivity index (χ0n) is 11.1. The van der Waals surface area contributed by atoms with Crippen molar-refractivity contribution < 1.29 is 13.9 Å². The van der Waals surface area contributed by atoms with Crippen molar-refractivity contribution >= 4 is 0 Å². The minimum Gasteiger partial charge on any atom is -0.388 e. The molecule has 0 aliphatic carbocycles. The first-order valence-corrected chi connectivity index (χ1v) is 6.02. The van der Waals surface area contributed by atoms with E-state index in [2.05, 4.69) is 5.10 Å². The van der Waals surface area contributed by atoms with E-state index in [9.17, 15) is 13.9 Å². The molecule has 0 radical (unpaired) electrons. The van der Waals surface area contributed by atoms with E-state index in [1.54, 1.807) is 18.7 Å². The summed E-state index contributed by atoms with van der Waals surface area (Å²) >= 11 is 0. The summed E-state index contributed by atoms with van der Waals surface area (Å²) in [4.78, 5) is 0. The number of halogens is 2. The van der Waals surface area contributed by atoms with E-state index in [0.717, 1.165) is 23.9 Å². The van der Waals surface area contributed by atoms with Crippen molar-refractivity contribution in [3.63, 3.8) is 0 Å². The van der Waals surface area contributed by atoms with Gasteiger partial charge in [-0.15, -0.1) is 0 Å². The Balaban J connectivity index is 2.30. The Hall–Kier alpha value is -1.75. The van der Waals surface area contributed by atoms with Gasteiger partial charge in [0.2, 0.25) is 0 Å². The molecule has 1 N–H and O–H groups in total. The van der Waals surface area contributed by atoms with Crippen LogP contribution in [0.25, 0.3) is 0 Å². The molecule has 2 rings (SSSR count). The average Bonchev–Trinajstić information content (AvgIpc) is 2.58. The zero-order chi connectivity index (χ0) is 14.2. The van der Waals surface area contributed by atoms with Crippen LogP contribution in [0.15, 0.2) is 18.2 Å². The molecule has 19 heavy (non-hydrogen) atoms. The van der Waals surface area contributed by atoms with Gasteiger partial charge in [0.25, 0.3) is 0 Å². The number of benzene rings is 1. The third-order valence-corrected chi connectivity index (χ3v) is 3.32. The highest BCUT2D eigenvalue weighted by Gasteiger charge is 2.19. The number of nitrogens with zero attached hydrogens (tertiary/aromatic N) is 2. The second kappa shape index (κ2) is 5.09. The Morgan fingerprint density at radius 3 is 2.58 bits per heavy atom. The van der Waals surface area contributed by atoms with E-state index in [1.807, 2.05) is 6.92 Å². The van der Waals surface area contributed by atoms with E-state index < -0.39 is 17.7 Å². The summed E-state index contributed by atoms with van der Waals surface area (Å²) in [5, 5.41) is 14.4. The lowest BCUT2D eigenvalue weighted by atomic mass is 9.99. The Morgan fingerprint density at radius 1 is 1.32 bits per heavy atom. The average molecular weight is 266 g/mol. The summed E-state index contributed by atoms with van der Waals surface area (Å²) in [7, 11) is 1.78. The summed E-state index contributed by atoms with van der Waals surface area (Å²) in [5.41, 5.74) is 2.35. The standard InChI is InChI=1S/C14H16F2N2O/c1-8-14(9(2)18(3)17-8)13(19)7-10-6-11(15)4-5-12(10)16/h4-6,13,19H,7H2,1-3H3. The van der Waals surface area contributed by atoms with Crippen LogP contribution >= 0.6 is 0 Å². The molecule has 0 saturated carbocycles. The van der Waals surface area contributed by atoms with E-state index >= 15 is 0 Å². The van der Waals surface area contributed by atoms with Crippen LogP contribution in [0.3, 0.4) is 0 Å². The number of hydrogen-bond acceptors (Lipinski definition) is 2. The maximum Gasteiger partial charge on any atom is 0.126 e. The van der Waals surface area contributed by atoms with Gasteiger partial charge in [0, 0.05) is 24.7 Å². The van der Waals surface area contributed by atoms with E-state index in [-0.39, 0.29) is 12.0 Å². The van der Waals surface area contributed by atoms with Gasteiger partial charge in [0.1, 0.15) is 11.6 Å². The van der Waals surface area contributed by atoms with Crippen molar-refractivity contribution in [2.75, 3.05) is 0 Å². The predicted molar refractivity (Wildman–Crippen MR) is 67.7 cm³/mol. The number of hydrogen-bond donors (Lipinski definition) is 1. The number of rotatable bonds is 3. The van der Waals surface area contributed by atoms with Gasteiger partial charge >= 0.3 is 0 Å². The molecule has 1 heterocycles. The fourth-order valence-corrected chi connectivity index (χ4v) is 2.28. The molecule has 5 heteroatoms. The monoisotopic (exact) mass is 266 g/mol. The molecule has 0 aliphatic heterocycles. The molecule has 1 aromatic carbocycles. The van der Waals surface area contributed by atoms with Crippen LogP contribution in [0.2, 0.25) is 0 Å². The van der Waals surface area contributed by atoms with Crippen molar-refractivity contribution in [1.82, 2.24) is 9.78 Å². The molecule has 0 amide bonds. The van der Waals surface area contributed by atoms with Crippen LogP contribution < -0.4 is 0 Å². The minimum absolute atomic E-state index is 0.0248. The van der Waals surface area contributed by atoms with Gasteiger partial charge in [-0.1, -0.05) is 0 Å². The largest absolute Gasteiger partial charge is 0.388 e. The maximum absolute atomic E-state index is 13.6. The number of aromatic nitrogens is 2. The second-order valence-corrected chi connectivity index (χ2v) is 4.66. The third-order valence-electron chi connectivity index (χ3n) is 3.32. The molecule has 0 spiro atoms. The highest BCUT2D eigenvalue weighted by molar-refractivity contribution is 5.29. The highest BCUT2D eigenvalue weighted by atomic mass is 19.1. The SMILES string of the molecule is Cc1nn(C)c(C)c1C(O)Cc1cc(F)ccc1F. The fourth-order valence-electron chi connectivity index (χ4n) is 2.28.